The van der Waals surface area contributed by atoms with E-state index in [4.69, 9.17) is 14.2 Å². The molecule has 4 aliphatic rings. The van der Waals surface area contributed by atoms with E-state index in [9.17, 15) is 4.79 Å². The zero-order chi connectivity index (χ0) is 15.5. The smallest absolute Gasteiger partial charge is 0.332 e. The highest BCUT2D eigenvalue weighted by molar-refractivity contribution is 5.89. The number of ether oxygens (including phenoxy) is 3. The van der Waals surface area contributed by atoms with Gasteiger partial charge in [-0.1, -0.05) is 13.0 Å². The lowest BCUT2D eigenvalue weighted by Gasteiger charge is -2.34. The second-order valence-corrected chi connectivity index (χ2v) is 6.63. The predicted octanol–water partition coefficient (Wildman–Crippen LogP) is 1.78. The Morgan fingerprint density at radius 2 is 2.18 bits per heavy atom. The number of carbonyl (C=O) groups excluding carboxylic acids is 1. The summed E-state index contributed by atoms with van der Waals surface area (Å²) in [6.45, 7) is 2.14. The molecule has 0 amide bonds. The van der Waals surface area contributed by atoms with Crippen molar-refractivity contribution >= 4 is 5.97 Å². The van der Waals surface area contributed by atoms with Gasteiger partial charge in [0, 0.05) is 38.3 Å². The third-order valence-corrected chi connectivity index (χ3v) is 5.81. The molecule has 22 heavy (non-hydrogen) atoms. The molecule has 0 radical (unpaired) electrons. The summed E-state index contributed by atoms with van der Waals surface area (Å²) in [6, 6.07) is 0.772. The van der Waals surface area contributed by atoms with Crippen LogP contribution in [0.2, 0.25) is 0 Å². The standard InChI is InChI=1S/C17H23NO4/c1-4-10-7-11-9-17(12(10)8-15(19)22-17)14-6-5-13(18(11)14)16(20-2)21-3/h7-8,11,13-14,16H,4-6,9H2,1-3H3. The Morgan fingerprint density at radius 1 is 1.41 bits per heavy atom. The molecule has 1 aliphatic carbocycles. The van der Waals surface area contributed by atoms with Crippen LogP contribution in [0.3, 0.4) is 0 Å². The second-order valence-electron chi connectivity index (χ2n) is 6.63. The average molecular weight is 305 g/mol. The van der Waals surface area contributed by atoms with Crippen molar-refractivity contribution < 1.29 is 19.0 Å². The molecule has 5 heteroatoms. The fraction of sp³-hybridized carbons (Fsp3) is 0.706. The molecule has 2 bridgehead atoms. The van der Waals surface area contributed by atoms with Gasteiger partial charge in [-0.15, -0.1) is 0 Å². The van der Waals surface area contributed by atoms with Crippen molar-refractivity contribution in [3.63, 3.8) is 0 Å². The first-order valence-corrected chi connectivity index (χ1v) is 8.14. The molecule has 0 aromatic rings. The van der Waals surface area contributed by atoms with Crippen LogP contribution in [0.25, 0.3) is 0 Å². The van der Waals surface area contributed by atoms with Gasteiger partial charge in [-0.2, -0.15) is 0 Å². The van der Waals surface area contributed by atoms with Gasteiger partial charge in [0.1, 0.15) is 0 Å². The highest BCUT2D eigenvalue weighted by Gasteiger charge is 2.65. The molecule has 4 atom stereocenters. The lowest BCUT2D eigenvalue weighted by atomic mass is 9.76. The van der Waals surface area contributed by atoms with Gasteiger partial charge >= 0.3 is 5.97 Å². The van der Waals surface area contributed by atoms with Gasteiger partial charge in [0.2, 0.25) is 0 Å². The fourth-order valence-corrected chi connectivity index (χ4v) is 5.09. The zero-order valence-corrected chi connectivity index (χ0v) is 13.4. The summed E-state index contributed by atoms with van der Waals surface area (Å²) < 4.78 is 16.9. The highest BCUT2D eigenvalue weighted by Crippen LogP contribution is 2.56. The maximum absolute atomic E-state index is 12.0. The van der Waals surface area contributed by atoms with Gasteiger partial charge in [-0.25, -0.2) is 4.79 Å². The topological polar surface area (TPSA) is 48.0 Å². The minimum atomic E-state index is -0.428. The first-order valence-electron chi connectivity index (χ1n) is 8.14. The molecular weight excluding hydrogens is 282 g/mol. The number of carbonyl (C=O) groups is 1. The van der Waals surface area contributed by atoms with E-state index in [1.807, 2.05) is 0 Å². The molecule has 5 nitrogen and oxygen atoms in total. The highest BCUT2D eigenvalue weighted by atomic mass is 16.7. The van der Waals surface area contributed by atoms with E-state index in [1.165, 1.54) is 5.57 Å². The molecule has 3 heterocycles. The molecule has 0 N–H and O–H groups in total. The van der Waals surface area contributed by atoms with Crippen LogP contribution in [-0.4, -0.2) is 55.1 Å². The molecule has 1 spiro atoms. The first-order chi connectivity index (χ1) is 10.6. The van der Waals surface area contributed by atoms with Crippen LogP contribution in [0, 0.1) is 0 Å². The molecule has 3 aliphatic heterocycles. The van der Waals surface area contributed by atoms with Crippen LogP contribution in [0.15, 0.2) is 23.3 Å². The molecule has 0 aromatic carbocycles. The summed E-state index contributed by atoms with van der Waals surface area (Å²) in [5.41, 5.74) is 1.96. The van der Waals surface area contributed by atoms with Gasteiger partial charge in [0.05, 0.1) is 12.1 Å². The summed E-state index contributed by atoms with van der Waals surface area (Å²) in [5.74, 6) is -0.185. The second kappa shape index (κ2) is 4.91. The van der Waals surface area contributed by atoms with E-state index >= 15 is 0 Å². The van der Waals surface area contributed by atoms with Gasteiger partial charge in [0.15, 0.2) is 11.9 Å². The van der Waals surface area contributed by atoms with Gasteiger partial charge in [-0.05, 0) is 24.8 Å². The van der Waals surface area contributed by atoms with Crippen LogP contribution >= 0.6 is 0 Å². The van der Waals surface area contributed by atoms with E-state index in [0.717, 1.165) is 31.3 Å². The molecule has 2 fully saturated rings. The van der Waals surface area contributed by atoms with Crippen molar-refractivity contribution in [2.24, 2.45) is 0 Å². The fourth-order valence-electron chi connectivity index (χ4n) is 5.09. The normalized spacial score (nSPS) is 39.6. The summed E-state index contributed by atoms with van der Waals surface area (Å²) in [4.78, 5) is 14.5. The van der Waals surface area contributed by atoms with Gasteiger partial charge in [-0.3, -0.25) is 4.90 Å². The largest absolute Gasteiger partial charge is 0.449 e. The van der Waals surface area contributed by atoms with Crippen molar-refractivity contribution in [3.8, 4) is 0 Å². The van der Waals surface area contributed by atoms with Crippen LogP contribution < -0.4 is 0 Å². The molecular formula is C17H23NO4. The average Bonchev–Trinajstić information content (AvgIpc) is 3.14. The number of hydrogen-bond acceptors (Lipinski definition) is 5. The summed E-state index contributed by atoms with van der Waals surface area (Å²) in [6.07, 6.45) is 7.64. The van der Waals surface area contributed by atoms with Crippen molar-refractivity contribution in [1.82, 2.24) is 4.90 Å². The minimum Gasteiger partial charge on any atom is -0.449 e. The molecule has 4 unspecified atom stereocenters. The zero-order valence-electron chi connectivity index (χ0n) is 13.4. The Morgan fingerprint density at radius 3 is 2.86 bits per heavy atom. The van der Waals surface area contributed by atoms with E-state index in [-0.39, 0.29) is 24.3 Å². The number of hydrogen-bond donors (Lipinski definition) is 0. The van der Waals surface area contributed by atoms with E-state index in [2.05, 4.69) is 17.9 Å². The SMILES string of the molecule is CCC1=CC2CC3(OC(=O)C=C13)C1CCC(C(OC)OC)N21. The monoisotopic (exact) mass is 305 g/mol. The number of esters is 1. The maximum atomic E-state index is 12.0. The Bertz CT molecular complexity index is 565. The van der Waals surface area contributed by atoms with Gasteiger partial charge in [0.25, 0.3) is 0 Å². The van der Waals surface area contributed by atoms with Crippen LogP contribution in [0.5, 0.6) is 0 Å². The van der Waals surface area contributed by atoms with E-state index < -0.39 is 5.60 Å². The maximum Gasteiger partial charge on any atom is 0.332 e. The molecule has 0 saturated carbocycles. The number of nitrogens with zero attached hydrogens (tertiary/aromatic N) is 1. The van der Waals surface area contributed by atoms with E-state index in [1.54, 1.807) is 20.3 Å². The van der Waals surface area contributed by atoms with Crippen molar-refractivity contribution in [3.05, 3.63) is 23.3 Å². The Labute approximate surface area is 130 Å². The van der Waals surface area contributed by atoms with Crippen molar-refractivity contribution in [2.75, 3.05) is 14.2 Å². The predicted molar refractivity (Wildman–Crippen MR) is 80.1 cm³/mol. The molecule has 2 saturated heterocycles. The summed E-state index contributed by atoms with van der Waals surface area (Å²) >= 11 is 0. The minimum absolute atomic E-state index is 0.185. The lowest BCUT2D eigenvalue weighted by Crippen LogP contribution is -2.48. The van der Waals surface area contributed by atoms with Crippen LogP contribution in [0.1, 0.15) is 32.6 Å². The van der Waals surface area contributed by atoms with Gasteiger partial charge < -0.3 is 14.2 Å². The Kier molecular flexibility index (Phi) is 3.22. The summed E-state index contributed by atoms with van der Waals surface area (Å²) in [5, 5.41) is 0. The molecule has 4 rings (SSSR count). The van der Waals surface area contributed by atoms with Crippen molar-refractivity contribution in [1.29, 1.82) is 0 Å². The quantitative estimate of drug-likeness (QED) is 0.585. The summed E-state index contributed by atoms with van der Waals surface area (Å²) in [7, 11) is 3.38. The number of fused-ring (bicyclic) bond motifs is 3. The van der Waals surface area contributed by atoms with Crippen molar-refractivity contribution in [2.45, 2.75) is 62.6 Å². The first kappa shape index (κ1) is 14.4. The Balaban J connectivity index is 1.75. The molecule has 0 aromatic heterocycles. The third-order valence-electron chi connectivity index (χ3n) is 5.81. The van der Waals surface area contributed by atoms with E-state index in [0.29, 0.717) is 6.04 Å². The third kappa shape index (κ3) is 1.67. The van der Waals surface area contributed by atoms with Crippen LogP contribution in [-0.2, 0) is 19.0 Å². The Hall–Kier alpha value is -1.17. The molecule has 120 valence electrons. The number of methoxy groups -OCH3 is 2. The lowest BCUT2D eigenvalue weighted by molar-refractivity contribution is -0.151. The van der Waals surface area contributed by atoms with Crippen LogP contribution in [0.4, 0.5) is 0 Å². The number of rotatable bonds is 4.